The van der Waals surface area contributed by atoms with E-state index in [-0.39, 0.29) is 44.4 Å². The fraction of sp³-hybridized carbons (Fsp3) is 0.231. The molecule has 11 nitrogen and oxygen atoms in total. The van der Waals surface area contributed by atoms with Crippen LogP contribution in [-0.4, -0.2) is 41.0 Å². The summed E-state index contributed by atoms with van der Waals surface area (Å²) in [7, 11) is 1.27. The van der Waals surface area contributed by atoms with E-state index in [1.807, 2.05) is 0 Å². The number of benzene rings is 3. The number of furan rings is 1. The Balaban J connectivity index is 1.43. The molecule has 12 heteroatoms. The highest BCUT2D eigenvalue weighted by Crippen LogP contribution is 2.41. The van der Waals surface area contributed by atoms with Crippen molar-refractivity contribution in [2.45, 2.75) is 48.5 Å². The summed E-state index contributed by atoms with van der Waals surface area (Å²) in [6.45, 7) is 16.3. The molecule has 264 valence electrons. The van der Waals surface area contributed by atoms with Crippen molar-refractivity contribution in [1.82, 2.24) is 0 Å². The molecule has 1 aliphatic carbocycles. The third kappa shape index (κ3) is 6.54. The molecule has 0 saturated carbocycles. The largest absolute Gasteiger partial charge is 0.508 e. The number of hydrogen-bond donors (Lipinski definition) is 2. The van der Waals surface area contributed by atoms with E-state index in [1.54, 1.807) is 60.6 Å². The number of allylic oxidation sites excluding steroid dienone is 2. The number of halogens is 1. The lowest BCUT2D eigenvalue weighted by molar-refractivity contribution is -0.142. The first-order valence-electron chi connectivity index (χ1n) is 15.6. The maximum atomic E-state index is 13.7. The number of methoxy groups -OCH3 is 1. The van der Waals surface area contributed by atoms with E-state index in [0.717, 1.165) is 6.08 Å². The number of carbonyl (C=O) groups is 4. The lowest BCUT2D eigenvalue weighted by Gasteiger charge is -2.21. The topological polar surface area (TPSA) is 159 Å². The van der Waals surface area contributed by atoms with E-state index in [1.165, 1.54) is 25.5 Å². The third-order valence-corrected chi connectivity index (χ3v) is 9.80. The fourth-order valence-corrected chi connectivity index (χ4v) is 6.74. The molecule has 3 aromatic carbocycles. The number of ketones is 1. The summed E-state index contributed by atoms with van der Waals surface area (Å²) in [5.74, 6) is -4.07. The normalized spacial score (nSPS) is 14.1. The first kappa shape index (κ1) is 36.7. The number of carboxylic acids is 1. The predicted molar refractivity (Wildman–Crippen MR) is 191 cm³/mol. The number of aliphatic hydroxyl groups is 1. The number of carboxylic acid groups (broad SMARTS) is 1. The van der Waals surface area contributed by atoms with Gasteiger partial charge in [0.05, 0.1) is 39.9 Å². The number of ether oxygens (including phenoxy) is 4. The van der Waals surface area contributed by atoms with Crippen molar-refractivity contribution in [3.63, 3.8) is 0 Å². The van der Waals surface area contributed by atoms with Gasteiger partial charge in [-0.25, -0.2) is 9.59 Å². The molecule has 0 aliphatic heterocycles. The Labute approximate surface area is 301 Å². The van der Waals surface area contributed by atoms with E-state index in [2.05, 4.69) is 22.5 Å². The van der Waals surface area contributed by atoms with Crippen LogP contribution in [0.1, 0.15) is 65.2 Å². The zero-order valence-corrected chi connectivity index (χ0v) is 30.8. The average molecular weight is 760 g/mol. The minimum absolute atomic E-state index is 0.0671. The Bertz CT molecular complexity index is 2240. The molecule has 5 rings (SSSR count). The van der Waals surface area contributed by atoms with Crippen LogP contribution in [0.2, 0.25) is 0 Å². The minimum Gasteiger partial charge on any atom is -0.508 e. The second-order valence-electron chi connectivity index (χ2n) is 12.2. The summed E-state index contributed by atoms with van der Waals surface area (Å²) >= 11 is 3.39. The average Bonchev–Trinajstić information content (AvgIpc) is 3.55. The van der Waals surface area contributed by atoms with Crippen molar-refractivity contribution in [3.8, 4) is 17.2 Å². The molecule has 51 heavy (non-hydrogen) atoms. The summed E-state index contributed by atoms with van der Waals surface area (Å²) in [5, 5.41) is 20.0. The molecule has 0 spiro atoms. The number of carbonyl (C=O) groups excluding carboxylic acids is 3. The SMILES string of the molecule is C=C(Oc1c(C)c(C)c(C(=O)O)c(C)c1C)c1c(C)cc(OC(=O)c2cc(Br)c(OC(=O)C3C(=O)C=C(O)C=C3OC)c(C)c2C)c2ccoc12. The zero-order chi connectivity index (χ0) is 37.6. The number of esters is 2. The molecule has 4 aromatic rings. The van der Waals surface area contributed by atoms with Crippen LogP contribution in [0, 0.1) is 54.4 Å². The maximum absolute atomic E-state index is 13.7. The number of aromatic carboxylic acids is 1. The standard InChI is InChI=1S/C39H35BrO11/c1-16-12-29(25-10-11-48-36(25)31(16)23(8)49-34-21(6)18(3)32(37(43)44)19(4)22(34)7)50-38(45)26-15-27(40)35(20(5)17(26)2)51-39(46)33-28(42)13-24(41)14-30(33)47-9/h10-15,33,41H,8H2,1-7,9H3,(H,43,44). The van der Waals surface area contributed by atoms with Gasteiger partial charge < -0.3 is 33.6 Å². The van der Waals surface area contributed by atoms with Gasteiger partial charge in [-0.15, -0.1) is 0 Å². The number of rotatable bonds is 9. The summed E-state index contributed by atoms with van der Waals surface area (Å²) in [4.78, 5) is 51.2. The molecule has 2 N–H and O–H groups in total. The van der Waals surface area contributed by atoms with Gasteiger partial charge in [0.1, 0.15) is 40.1 Å². The van der Waals surface area contributed by atoms with E-state index in [0.29, 0.717) is 61.2 Å². The van der Waals surface area contributed by atoms with Crippen LogP contribution in [0.4, 0.5) is 0 Å². The lowest BCUT2D eigenvalue weighted by atomic mass is 9.93. The van der Waals surface area contributed by atoms with Crippen LogP contribution in [0.25, 0.3) is 16.7 Å². The van der Waals surface area contributed by atoms with Crippen molar-refractivity contribution in [3.05, 3.63) is 115 Å². The second kappa shape index (κ2) is 13.9. The van der Waals surface area contributed by atoms with Crippen LogP contribution in [-0.2, 0) is 14.3 Å². The summed E-state index contributed by atoms with van der Waals surface area (Å²) in [6, 6.07) is 4.79. The van der Waals surface area contributed by atoms with Gasteiger partial charge in [0.25, 0.3) is 0 Å². The molecular weight excluding hydrogens is 724 g/mol. The van der Waals surface area contributed by atoms with E-state index in [4.69, 9.17) is 23.4 Å². The first-order chi connectivity index (χ1) is 24.0. The van der Waals surface area contributed by atoms with E-state index >= 15 is 0 Å². The van der Waals surface area contributed by atoms with Gasteiger partial charge in [0.2, 0.25) is 0 Å². The molecule has 1 heterocycles. The Kier molecular flexibility index (Phi) is 10.0. The number of aliphatic hydroxyl groups excluding tert-OH is 1. The third-order valence-electron chi connectivity index (χ3n) is 9.21. The minimum atomic E-state index is -1.41. The van der Waals surface area contributed by atoms with Gasteiger partial charge >= 0.3 is 17.9 Å². The first-order valence-corrected chi connectivity index (χ1v) is 16.4. The monoisotopic (exact) mass is 758 g/mol. The molecule has 1 atom stereocenters. The molecule has 0 bridgehead atoms. The van der Waals surface area contributed by atoms with Crippen molar-refractivity contribution >= 4 is 56.3 Å². The van der Waals surface area contributed by atoms with Gasteiger partial charge in [0.15, 0.2) is 11.7 Å². The van der Waals surface area contributed by atoms with Crippen LogP contribution in [0.5, 0.6) is 17.2 Å². The highest BCUT2D eigenvalue weighted by molar-refractivity contribution is 9.10. The molecule has 0 amide bonds. The molecule has 1 aromatic heterocycles. The Morgan fingerprint density at radius 3 is 2.08 bits per heavy atom. The van der Waals surface area contributed by atoms with Crippen LogP contribution in [0.15, 0.2) is 63.6 Å². The van der Waals surface area contributed by atoms with Gasteiger partial charge in [-0.05, 0) is 122 Å². The zero-order valence-electron chi connectivity index (χ0n) is 29.2. The number of aryl methyl sites for hydroxylation is 1. The van der Waals surface area contributed by atoms with Gasteiger partial charge in [0, 0.05) is 12.2 Å². The molecule has 0 radical (unpaired) electrons. The molecule has 0 saturated heterocycles. The molecule has 1 unspecified atom stereocenters. The summed E-state index contributed by atoms with van der Waals surface area (Å²) in [6.07, 6.45) is 3.54. The van der Waals surface area contributed by atoms with E-state index in [9.17, 15) is 29.4 Å². The lowest BCUT2D eigenvalue weighted by Crippen LogP contribution is -2.32. The summed E-state index contributed by atoms with van der Waals surface area (Å²) in [5.41, 5.74) is 5.40. The molecule has 0 fully saturated rings. The maximum Gasteiger partial charge on any atom is 0.343 e. The van der Waals surface area contributed by atoms with Crippen LogP contribution < -0.4 is 14.2 Å². The smallest absolute Gasteiger partial charge is 0.343 e. The Morgan fingerprint density at radius 2 is 1.47 bits per heavy atom. The van der Waals surface area contributed by atoms with Crippen molar-refractivity contribution in [2.75, 3.05) is 7.11 Å². The molecular formula is C39H35BrO11. The number of fused-ring (bicyclic) bond motifs is 1. The highest BCUT2D eigenvalue weighted by atomic mass is 79.9. The van der Waals surface area contributed by atoms with Crippen molar-refractivity contribution in [2.24, 2.45) is 5.92 Å². The van der Waals surface area contributed by atoms with Gasteiger partial charge in [-0.1, -0.05) is 6.58 Å². The quantitative estimate of drug-likeness (QED) is 0.0731. The van der Waals surface area contributed by atoms with Crippen LogP contribution >= 0.6 is 15.9 Å². The fourth-order valence-electron chi connectivity index (χ4n) is 6.13. The molecule has 1 aliphatic rings. The summed E-state index contributed by atoms with van der Waals surface area (Å²) < 4.78 is 29.1. The Hall–Kier alpha value is -5.62. The van der Waals surface area contributed by atoms with E-state index < -0.39 is 29.6 Å². The Morgan fingerprint density at radius 1 is 0.843 bits per heavy atom. The van der Waals surface area contributed by atoms with Crippen molar-refractivity contribution < 1.29 is 52.8 Å². The second-order valence-corrected chi connectivity index (χ2v) is 13.1. The predicted octanol–water partition coefficient (Wildman–Crippen LogP) is 8.40. The van der Waals surface area contributed by atoms with Gasteiger partial charge in [-0.3, -0.25) is 9.59 Å². The highest BCUT2D eigenvalue weighted by Gasteiger charge is 2.36. The van der Waals surface area contributed by atoms with Crippen molar-refractivity contribution in [1.29, 1.82) is 0 Å². The number of hydrogen-bond acceptors (Lipinski definition) is 10. The van der Waals surface area contributed by atoms with Gasteiger partial charge in [-0.2, -0.15) is 0 Å². The van der Waals surface area contributed by atoms with Crippen LogP contribution in [0.3, 0.4) is 0 Å².